The number of hydrogen-bond acceptors (Lipinski definition) is 1. The van der Waals surface area contributed by atoms with E-state index in [1.807, 2.05) is 0 Å². The first-order valence-corrected chi connectivity index (χ1v) is 8.31. The average molecular weight is 346 g/mol. The second-order valence-electron chi connectivity index (χ2n) is 5.75. The molecule has 0 heterocycles. The first kappa shape index (κ1) is 16.3. The fraction of sp³-hybridized carbons (Fsp3) is 0.368. The molecule has 2 rings (SSSR count). The van der Waals surface area contributed by atoms with Crippen LogP contribution in [0.1, 0.15) is 46.3 Å². The second-order valence-corrected chi connectivity index (χ2v) is 6.61. The summed E-state index contributed by atoms with van der Waals surface area (Å²) in [5.41, 5.74) is 8.08. The predicted molar refractivity (Wildman–Crippen MR) is 95.1 cm³/mol. The molecule has 0 bridgehead atoms. The number of hydrogen-bond donors (Lipinski definition) is 1. The Kier molecular flexibility index (Phi) is 5.23. The molecule has 2 aromatic rings. The first-order chi connectivity index (χ1) is 9.95. The molecular formula is C19H24BrN. The highest BCUT2D eigenvalue weighted by Crippen LogP contribution is 2.32. The highest BCUT2D eigenvalue weighted by Gasteiger charge is 2.19. The molecule has 0 aromatic heterocycles. The van der Waals surface area contributed by atoms with Crippen LogP contribution >= 0.6 is 15.9 Å². The van der Waals surface area contributed by atoms with E-state index in [0.29, 0.717) is 0 Å². The van der Waals surface area contributed by atoms with E-state index >= 15 is 0 Å². The molecule has 0 radical (unpaired) electrons. The summed E-state index contributed by atoms with van der Waals surface area (Å²) in [6.45, 7) is 11.9. The van der Waals surface area contributed by atoms with Crippen molar-refractivity contribution >= 4 is 15.9 Å². The minimum absolute atomic E-state index is 0.253. The molecule has 2 heteroatoms. The smallest absolute Gasteiger partial charge is 0.0584 e. The van der Waals surface area contributed by atoms with Gasteiger partial charge >= 0.3 is 0 Å². The van der Waals surface area contributed by atoms with Gasteiger partial charge in [-0.3, -0.25) is 0 Å². The molecule has 21 heavy (non-hydrogen) atoms. The lowest BCUT2D eigenvalue weighted by atomic mass is 9.88. The third kappa shape index (κ3) is 3.38. The molecule has 0 aliphatic heterocycles. The molecule has 0 saturated carbocycles. The SMILES string of the molecule is CCNC(c1cc(C)c(Br)cc1C)c1c(C)cccc1C. The van der Waals surface area contributed by atoms with E-state index in [0.717, 1.165) is 6.54 Å². The summed E-state index contributed by atoms with van der Waals surface area (Å²) in [6, 6.07) is 11.3. The van der Waals surface area contributed by atoms with Gasteiger partial charge in [0.1, 0.15) is 0 Å². The van der Waals surface area contributed by atoms with Crippen LogP contribution in [0.15, 0.2) is 34.8 Å². The van der Waals surface area contributed by atoms with Gasteiger partial charge in [-0.2, -0.15) is 0 Å². The summed E-state index contributed by atoms with van der Waals surface area (Å²) in [6.07, 6.45) is 0. The number of halogens is 1. The van der Waals surface area contributed by atoms with Gasteiger partial charge in [0.05, 0.1) is 6.04 Å². The number of nitrogens with one attached hydrogen (secondary N) is 1. The molecule has 1 unspecified atom stereocenters. The van der Waals surface area contributed by atoms with Crippen molar-refractivity contribution in [1.29, 1.82) is 0 Å². The molecule has 0 fully saturated rings. The standard InChI is InChI=1S/C19H24BrN/c1-6-21-19(18-12(2)8-7-9-13(18)3)16-10-15(5)17(20)11-14(16)4/h7-11,19,21H,6H2,1-5H3. The van der Waals surface area contributed by atoms with Gasteiger partial charge in [-0.15, -0.1) is 0 Å². The Hall–Kier alpha value is -1.12. The quantitative estimate of drug-likeness (QED) is 0.783. The Balaban J connectivity index is 2.62. The summed E-state index contributed by atoms with van der Waals surface area (Å²) < 4.78 is 1.18. The van der Waals surface area contributed by atoms with Gasteiger partial charge in [0.2, 0.25) is 0 Å². The Bertz CT molecular complexity index is 626. The largest absolute Gasteiger partial charge is 0.307 e. The van der Waals surface area contributed by atoms with Crippen LogP contribution in [0.3, 0.4) is 0 Å². The molecule has 0 amide bonds. The van der Waals surface area contributed by atoms with Crippen LogP contribution < -0.4 is 5.32 Å². The van der Waals surface area contributed by atoms with Crippen molar-refractivity contribution in [1.82, 2.24) is 5.32 Å². The monoisotopic (exact) mass is 345 g/mol. The number of benzene rings is 2. The fourth-order valence-electron chi connectivity index (χ4n) is 2.97. The highest BCUT2D eigenvalue weighted by molar-refractivity contribution is 9.10. The van der Waals surface area contributed by atoms with Gasteiger partial charge in [0.25, 0.3) is 0 Å². The lowest BCUT2D eigenvalue weighted by Crippen LogP contribution is -2.24. The molecule has 1 atom stereocenters. The van der Waals surface area contributed by atoms with E-state index in [-0.39, 0.29) is 6.04 Å². The van der Waals surface area contributed by atoms with Gasteiger partial charge in [0.15, 0.2) is 0 Å². The van der Waals surface area contributed by atoms with Gasteiger partial charge in [-0.05, 0) is 73.7 Å². The number of rotatable bonds is 4. The third-order valence-electron chi connectivity index (χ3n) is 4.10. The van der Waals surface area contributed by atoms with Gasteiger partial charge in [-0.25, -0.2) is 0 Å². The van der Waals surface area contributed by atoms with Crippen molar-refractivity contribution < 1.29 is 0 Å². The van der Waals surface area contributed by atoms with Gasteiger partial charge in [-0.1, -0.05) is 47.1 Å². The van der Waals surface area contributed by atoms with E-state index in [1.165, 1.54) is 37.9 Å². The zero-order chi connectivity index (χ0) is 15.6. The summed E-state index contributed by atoms with van der Waals surface area (Å²) in [5.74, 6) is 0. The van der Waals surface area contributed by atoms with Crippen LogP contribution in [-0.4, -0.2) is 6.54 Å². The molecule has 1 N–H and O–H groups in total. The highest BCUT2D eigenvalue weighted by atomic mass is 79.9. The summed E-state index contributed by atoms with van der Waals surface area (Å²) >= 11 is 3.63. The van der Waals surface area contributed by atoms with Crippen molar-refractivity contribution in [3.05, 3.63) is 68.2 Å². The van der Waals surface area contributed by atoms with E-state index < -0.39 is 0 Å². The zero-order valence-corrected chi connectivity index (χ0v) is 15.1. The van der Waals surface area contributed by atoms with E-state index in [4.69, 9.17) is 0 Å². The van der Waals surface area contributed by atoms with Crippen molar-refractivity contribution in [2.75, 3.05) is 6.54 Å². The Morgan fingerprint density at radius 2 is 1.57 bits per heavy atom. The molecule has 0 saturated heterocycles. The van der Waals surface area contributed by atoms with E-state index in [2.05, 4.69) is 86.2 Å². The fourth-order valence-corrected chi connectivity index (χ4v) is 3.43. The molecule has 112 valence electrons. The van der Waals surface area contributed by atoms with Crippen molar-refractivity contribution in [3.8, 4) is 0 Å². The van der Waals surface area contributed by atoms with Crippen molar-refractivity contribution in [2.45, 2.75) is 40.7 Å². The zero-order valence-electron chi connectivity index (χ0n) is 13.5. The lowest BCUT2D eigenvalue weighted by Gasteiger charge is -2.25. The predicted octanol–water partition coefficient (Wildman–Crippen LogP) is 5.38. The minimum atomic E-state index is 0.253. The summed E-state index contributed by atoms with van der Waals surface area (Å²) in [7, 11) is 0. The number of aryl methyl sites for hydroxylation is 4. The van der Waals surface area contributed by atoms with Crippen molar-refractivity contribution in [3.63, 3.8) is 0 Å². The molecule has 0 spiro atoms. The minimum Gasteiger partial charge on any atom is -0.307 e. The third-order valence-corrected chi connectivity index (χ3v) is 4.95. The van der Waals surface area contributed by atoms with Crippen LogP contribution in [-0.2, 0) is 0 Å². The second kappa shape index (κ2) is 6.76. The topological polar surface area (TPSA) is 12.0 Å². The lowest BCUT2D eigenvalue weighted by molar-refractivity contribution is 0.621. The van der Waals surface area contributed by atoms with E-state index in [9.17, 15) is 0 Å². The Morgan fingerprint density at radius 1 is 0.952 bits per heavy atom. The van der Waals surface area contributed by atoms with Crippen molar-refractivity contribution in [2.24, 2.45) is 0 Å². The average Bonchev–Trinajstić information content (AvgIpc) is 2.42. The Labute approximate surface area is 136 Å². The van der Waals surface area contributed by atoms with Gasteiger partial charge < -0.3 is 5.32 Å². The van der Waals surface area contributed by atoms with Crippen LogP contribution in [0, 0.1) is 27.7 Å². The van der Waals surface area contributed by atoms with Crippen LogP contribution in [0.25, 0.3) is 0 Å². The molecule has 0 aliphatic carbocycles. The maximum atomic E-state index is 3.67. The molecule has 0 aliphatic rings. The molecule has 1 nitrogen and oxygen atoms in total. The van der Waals surface area contributed by atoms with Crippen LogP contribution in [0.4, 0.5) is 0 Å². The maximum Gasteiger partial charge on any atom is 0.0584 e. The van der Waals surface area contributed by atoms with Gasteiger partial charge in [0, 0.05) is 4.47 Å². The first-order valence-electron chi connectivity index (χ1n) is 7.51. The Morgan fingerprint density at radius 3 is 2.14 bits per heavy atom. The maximum absolute atomic E-state index is 3.67. The van der Waals surface area contributed by atoms with E-state index in [1.54, 1.807) is 0 Å². The van der Waals surface area contributed by atoms with Crippen LogP contribution in [0.5, 0.6) is 0 Å². The normalized spacial score (nSPS) is 12.5. The molecular weight excluding hydrogens is 322 g/mol. The van der Waals surface area contributed by atoms with Crippen LogP contribution in [0.2, 0.25) is 0 Å². The summed E-state index contributed by atoms with van der Waals surface area (Å²) in [5, 5.41) is 3.67. The molecule has 2 aromatic carbocycles. The summed E-state index contributed by atoms with van der Waals surface area (Å²) in [4.78, 5) is 0.